The number of hydrogen-bond donors (Lipinski definition) is 1. The van der Waals surface area contributed by atoms with Gasteiger partial charge in [-0.1, -0.05) is 0 Å². The first-order valence-corrected chi connectivity index (χ1v) is 5.83. The molecule has 0 aliphatic carbocycles. The summed E-state index contributed by atoms with van der Waals surface area (Å²) in [6.07, 6.45) is 1.32. The Morgan fingerprint density at radius 2 is 2.33 bits per heavy atom. The minimum Gasteiger partial charge on any atom is -0.356 e. The number of aliphatic imine (C=N–C) groups is 1. The summed E-state index contributed by atoms with van der Waals surface area (Å²) in [7, 11) is 1.97. The Morgan fingerprint density at radius 1 is 1.61 bits per heavy atom. The Kier molecular flexibility index (Phi) is 3.47. The molecule has 1 amide bonds. The fraction of sp³-hybridized carbons (Fsp3) is 0.500. The van der Waals surface area contributed by atoms with Crippen LogP contribution in [0.4, 0.5) is 4.39 Å². The van der Waals surface area contributed by atoms with Gasteiger partial charge < -0.3 is 15.1 Å². The molecule has 5 nitrogen and oxygen atoms in total. The van der Waals surface area contributed by atoms with Crippen molar-refractivity contribution in [2.24, 2.45) is 4.99 Å². The summed E-state index contributed by atoms with van der Waals surface area (Å²) in [5.41, 5.74) is 1.33. The van der Waals surface area contributed by atoms with Gasteiger partial charge in [0, 0.05) is 31.4 Å². The quantitative estimate of drug-likeness (QED) is 0.574. The highest BCUT2D eigenvalue weighted by Crippen LogP contribution is 2.24. The lowest BCUT2D eigenvalue weighted by Crippen LogP contribution is -2.60. The first-order chi connectivity index (χ1) is 8.52. The van der Waals surface area contributed by atoms with Crippen LogP contribution in [0.15, 0.2) is 28.4 Å². The van der Waals surface area contributed by atoms with Crippen LogP contribution < -0.4 is 5.32 Å². The van der Waals surface area contributed by atoms with Crippen LogP contribution in [-0.4, -0.2) is 55.1 Å². The standard InChI is InChI=1S/C12H17FN4O/c1-8-9(6-11(13)14-2)17-5-4-16(3)7-10(17)12(18)15-8/h6,10H,2,4-5,7H2,1,3H3,(H,15,18)/b11-6-. The van der Waals surface area contributed by atoms with Crippen LogP contribution >= 0.6 is 0 Å². The Labute approximate surface area is 106 Å². The van der Waals surface area contributed by atoms with E-state index in [1.807, 2.05) is 11.9 Å². The molecule has 1 atom stereocenters. The molecule has 18 heavy (non-hydrogen) atoms. The molecule has 1 unspecified atom stereocenters. The van der Waals surface area contributed by atoms with Crippen molar-refractivity contribution in [3.8, 4) is 0 Å². The fourth-order valence-electron chi connectivity index (χ4n) is 2.33. The lowest BCUT2D eigenvalue weighted by atomic mass is 10.1. The number of carbonyl (C=O) groups excluding carboxylic acids is 1. The number of hydrogen-bond acceptors (Lipinski definition) is 4. The van der Waals surface area contributed by atoms with Crippen LogP contribution in [0.25, 0.3) is 0 Å². The van der Waals surface area contributed by atoms with Crippen molar-refractivity contribution in [1.82, 2.24) is 15.1 Å². The third kappa shape index (κ3) is 2.28. The van der Waals surface area contributed by atoms with Crippen LogP contribution in [-0.2, 0) is 4.79 Å². The predicted molar refractivity (Wildman–Crippen MR) is 67.6 cm³/mol. The van der Waals surface area contributed by atoms with Gasteiger partial charge in [-0.05, 0) is 20.7 Å². The summed E-state index contributed by atoms with van der Waals surface area (Å²) < 4.78 is 13.3. The zero-order chi connectivity index (χ0) is 13.3. The summed E-state index contributed by atoms with van der Waals surface area (Å²) in [6, 6.07) is -0.267. The van der Waals surface area contributed by atoms with E-state index >= 15 is 0 Å². The van der Waals surface area contributed by atoms with Gasteiger partial charge in [-0.3, -0.25) is 4.79 Å². The SMILES string of the molecule is C=N/C(F)=C\C1=C(C)NC(=O)C2CN(C)CCN12. The van der Waals surface area contributed by atoms with E-state index in [1.54, 1.807) is 6.92 Å². The number of piperazine rings is 1. The van der Waals surface area contributed by atoms with E-state index in [9.17, 15) is 9.18 Å². The van der Waals surface area contributed by atoms with Gasteiger partial charge in [-0.2, -0.15) is 4.39 Å². The van der Waals surface area contributed by atoms with Gasteiger partial charge in [0.2, 0.25) is 11.9 Å². The second-order valence-corrected chi connectivity index (χ2v) is 4.60. The van der Waals surface area contributed by atoms with E-state index in [4.69, 9.17) is 0 Å². The van der Waals surface area contributed by atoms with Crippen molar-refractivity contribution in [2.75, 3.05) is 26.7 Å². The summed E-state index contributed by atoms with van der Waals surface area (Å²) in [6.45, 7) is 7.09. The Bertz CT molecular complexity index is 443. The molecule has 2 rings (SSSR count). The molecule has 2 heterocycles. The predicted octanol–water partition coefficient (Wildman–Crippen LogP) is 0.475. The molecule has 1 saturated heterocycles. The molecule has 1 fully saturated rings. The Morgan fingerprint density at radius 3 is 3.00 bits per heavy atom. The summed E-state index contributed by atoms with van der Waals surface area (Å²) in [5, 5.41) is 2.78. The molecular formula is C12H17FN4O. The zero-order valence-corrected chi connectivity index (χ0v) is 10.6. The first-order valence-electron chi connectivity index (χ1n) is 5.83. The van der Waals surface area contributed by atoms with Gasteiger partial charge >= 0.3 is 0 Å². The van der Waals surface area contributed by atoms with E-state index in [0.717, 1.165) is 6.54 Å². The number of carbonyl (C=O) groups is 1. The Hall–Kier alpha value is -1.69. The molecule has 0 radical (unpaired) electrons. The number of nitrogens with one attached hydrogen (secondary N) is 1. The number of nitrogens with zero attached hydrogens (tertiary/aromatic N) is 3. The van der Waals surface area contributed by atoms with Crippen molar-refractivity contribution < 1.29 is 9.18 Å². The fourth-order valence-corrected chi connectivity index (χ4v) is 2.33. The van der Waals surface area contributed by atoms with Crippen LogP contribution in [0.3, 0.4) is 0 Å². The first kappa shape index (κ1) is 12.8. The second-order valence-electron chi connectivity index (χ2n) is 4.60. The summed E-state index contributed by atoms with van der Waals surface area (Å²) in [4.78, 5) is 19.2. The molecular weight excluding hydrogens is 235 g/mol. The average molecular weight is 252 g/mol. The average Bonchev–Trinajstić information content (AvgIpc) is 2.34. The second kappa shape index (κ2) is 4.89. The summed E-state index contributed by atoms with van der Waals surface area (Å²) in [5.74, 6) is -0.679. The lowest BCUT2D eigenvalue weighted by Gasteiger charge is -2.44. The number of halogens is 1. The van der Waals surface area contributed by atoms with Crippen LogP contribution in [0, 0.1) is 0 Å². The molecule has 2 aliphatic heterocycles. The highest BCUT2D eigenvalue weighted by Gasteiger charge is 2.36. The van der Waals surface area contributed by atoms with Gasteiger partial charge in [0.05, 0.1) is 5.70 Å². The van der Waals surface area contributed by atoms with Crippen LogP contribution in [0.1, 0.15) is 6.92 Å². The molecule has 1 N–H and O–H groups in total. The van der Waals surface area contributed by atoms with Crippen molar-refractivity contribution in [2.45, 2.75) is 13.0 Å². The van der Waals surface area contributed by atoms with Crippen molar-refractivity contribution in [3.05, 3.63) is 23.4 Å². The number of fused-ring (bicyclic) bond motifs is 1. The van der Waals surface area contributed by atoms with Gasteiger partial charge in [0.1, 0.15) is 6.04 Å². The maximum absolute atomic E-state index is 13.3. The Balaban J connectivity index is 2.35. The molecule has 6 heteroatoms. The van der Waals surface area contributed by atoms with Crippen molar-refractivity contribution in [1.29, 1.82) is 0 Å². The van der Waals surface area contributed by atoms with E-state index in [1.165, 1.54) is 6.08 Å². The molecule has 0 aromatic rings. The maximum atomic E-state index is 13.3. The molecule has 98 valence electrons. The number of amides is 1. The third-order valence-electron chi connectivity index (χ3n) is 3.30. The summed E-state index contributed by atoms with van der Waals surface area (Å²) >= 11 is 0. The largest absolute Gasteiger partial charge is 0.356 e. The number of likely N-dealkylation sites (N-methyl/N-ethyl adjacent to an activating group) is 1. The molecule has 2 aliphatic rings. The smallest absolute Gasteiger partial charge is 0.248 e. The highest BCUT2D eigenvalue weighted by molar-refractivity contribution is 5.85. The topological polar surface area (TPSA) is 47.9 Å². The van der Waals surface area contributed by atoms with Gasteiger partial charge in [0.15, 0.2) is 0 Å². The minimum absolute atomic E-state index is 0.0387. The lowest BCUT2D eigenvalue weighted by molar-refractivity contribution is -0.128. The van der Waals surface area contributed by atoms with Gasteiger partial charge in [0.25, 0.3) is 0 Å². The van der Waals surface area contributed by atoms with Crippen LogP contribution in [0.2, 0.25) is 0 Å². The molecule has 0 aromatic heterocycles. The van der Waals surface area contributed by atoms with Crippen LogP contribution in [0.5, 0.6) is 0 Å². The van der Waals surface area contributed by atoms with Crippen molar-refractivity contribution >= 4 is 12.6 Å². The normalized spacial score (nSPS) is 25.9. The number of rotatable bonds is 2. The maximum Gasteiger partial charge on any atom is 0.248 e. The van der Waals surface area contributed by atoms with E-state index < -0.39 is 5.95 Å². The third-order valence-corrected chi connectivity index (χ3v) is 3.30. The molecule has 0 aromatic carbocycles. The highest BCUT2D eigenvalue weighted by atomic mass is 19.1. The molecule has 0 saturated carbocycles. The van der Waals surface area contributed by atoms with Gasteiger partial charge in [-0.15, -0.1) is 0 Å². The monoisotopic (exact) mass is 252 g/mol. The van der Waals surface area contributed by atoms with E-state index in [-0.39, 0.29) is 11.9 Å². The number of allylic oxidation sites excluding steroid dienone is 2. The minimum atomic E-state index is -0.641. The molecule has 0 bridgehead atoms. The van der Waals surface area contributed by atoms with E-state index in [0.29, 0.717) is 24.5 Å². The van der Waals surface area contributed by atoms with Gasteiger partial charge in [-0.25, -0.2) is 4.99 Å². The zero-order valence-electron chi connectivity index (χ0n) is 10.6. The molecule has 0 spiro atoms. The van der Waals surface area contributed by atoms with Crippen molar-refractivity contribution in [3.63, 3.8) is 0 Å². The van der Waals surface area contributed by atoms with E-state index in [2.05, 4.69) is 21.9 Å².